The van der Waals surface area contributed by atoms with E-state index in [1.165, 1.54) is 47.4 Å². The Kier molecular flexibility index (Phi) is 8.78. The van der Waals surface area contributed by atoms with Crippen LogP contribution in [0.3, 0.4) is 0 Å². The number of unbranched alkanes of at least 4 members (excludes halogenated alkanes) is 1. The van der Waals surface area contributed by atoms with Gasteiger partial charge >= 0.3 is 0 Å². The highest BCUT2D eigenvalue weighted by Crippen LogP contribution is 2.88. The van der Waals surface area contributed by atoms with Crippen LogP contribution in [-0.2, 0) is 0 Å². The minimum Gasteiger partial charge on any atom is -0.197 e. The molecule has 0 aliphatic carbocycles. The summed E-state index contributed by atoms with van der Waals surface area (Å²) in [5, 5.41) is 8.31. The third-order valence-electron chi connectivity index (χ3n) is 8.34. The van der Waals surface area contributed by atoms with Gasteiger partial charge in [0, 0.05) is 38.2 Å². The lowest BCUT2D eigenvalue weighted by molar-refractivity contribution is -0.0531. The minimum atomic E-state index is -2.15. The number of hydrogen-bond donors (Lipinski definition) is 0. The fourth-order valence-corrected chi connectivity index (χ4v) is 15.3. The van der Waals surface area contributed by atoms with Gasteiger partial charge in [-0.25, -0.2) is 0 Å². The Morgan fingerprint density at radius 3 is 1.48 bits per heavy atom. The fourth-order valence-electron chi connectivity index (χ4n) is 6.59. The van der Waals surface area contributed by atoms with Crippen molar-refractivity contribution in [2.24, 2.45) is 0 Å². The molecule has 0 unspecified atom stereocenters. The van der Waals surface area contributed by atoms with Crippen LogP contribution in [0.4, 0.5) is 0 Å². The molecule has 2 fully saturated rings. The van der Waals surface area contributed by atoms with Gasteiger partial charge in [-0.1, -0.05) is 135 Å². The summed E-state index contributed by atoms with van der Waals surface area (Å²) in [6, 6.07) is 45.2. The van der Waals surface area contributed by atoms with Gasteiger partial charge in [0.05, 0.1) is 8.07 Å². The molecular weight excluding hydrogens is 524 g/mol. The molecule has 2 heterocycles. The number of rotatable bonds is 9. The van der Waals surface area contributed by atoms with Crippen LogP contribution in [0.5, 0.6) is 0 Å². The van der Waals surface area contributed by atoms with E-state index in [0.717, 1.165) is 19.6 Å². The minimum absolute atomic E-state index is 0.258. The van der Waals surface area contributed by atoms with Gasteiger partial charge in [0.1, 0.15) is 0 Å². The maximum atomic E-state index is 5.50. The molecular formula is C35H41N3P2. The first-order valence-corrected chi connectivity index (χ1v) is 18.1. The zero-order chi connectivity index (χ0) is 27.4. The lowest BCUT2D eigenvalue weighted by Gasteiger charge is -2.48. The normalized spacial score (nSPS) is 21.1. The number of benzene rings is 4. The maximum absolute atomic E-state index is 5.50. The molecule has 2 aliphatic heterocycles. The van der Waals surface area contributed by atoms with Crippen LogP contribution in [0.25, 0.3) is 0 Å². The fraction of sp³-hybridized carbons (Fsp3) is 0.286. The van der Waals surface area contributed by atoms with E-state index in [2.05, 4.69) is 143 Å². The van der Waals surface area contributed by atoms with Gasteiger partial charge in [-0.2, -0.15) is 21.1 Å². The van der Waals surface area contributed by atoms with E-state index in [-0.39, 0.29) is 11.6 Å². The highest BCUT2D eigenvalue weighted by Gasteiger charge is 2.63. The maximum Gasteiger partial charge on any atom is 0.151 e. The highest BCUT2D eigenvalue weighted by atomic mass is 31.2. The van der Waals surface area contributed by atoms with E-state index in [1.54, 1.807) is 0 Å². The van der Waals surface area contributed by atoms with Gasteiger partial charge in [-0.3, -0.25) is 0 Å². The third-order valence-corrected chi connectivity index (χ3v) is 16.0. The van der Waals surface area contributed by atoms with Gasteiger partial charge in [0.25, 0.3) is 0 Å². The van der Waals surface area contributed by atoms with E-state index >= 15 is 0 Å². The summed E-state index contributed by atoms with van der Waals surface area (Å²) < 4.78 is 2.96. The number of hydrazine groups is 1. The number of fused-ring (bicyclic) bond motifs is 1. The molecule has 0 spiro atoms. The van der Waals surface area contributed by atoms with E-state index in [1.807, 2.05) is 0 Å². The number of hydrogen-bond acceptors (Lipinski definition) is 3. The van der Waals surface area contributed by atoms with Gasteiger partial charge in [0.15, 0.2) is 11.6 Å². The number of nitrogens with zero attached hydrogens (tertiary/aromatic N) is 3. The largest absolute Gasteiger partial charge is 0.197 e. The monoisotopic (exact) mass is 565 g/mol. The first-order chi connectivity index (χ1) is 19.7. The predicted octanol–water partition coefficient (Wildman–Crippen LogP) is 8.58. The summed E-state index contributed by atoms with van der Waals surface area (Å²) in [6.07, 6.45) is 4.81. The van der Waals surface area contributed by atoms with Gasteiger partial charge in [-0.05, 0) is 29.9 Å². The van der Waals surface area contributed by atoms with Crippen LogP contribution in [0.15, 0.2) is 121 Å². The molecule has 0 bridgehead atoms. The first-order valence-electron chi connectivity index (χ1n) is 14.8. The molecule has 2 aliphatic rings. The van der Waals surface area contributed by atoms with E-state index in [9.17, 15) is 0 Å². The molecule has 0 radical (unpaired) electrons. The van der Waals surface area contributed by atoms with E-state index < -0.39 is 15.5 Å². The van der Waals surface area contributed by atoms with Crippen LogP contribution in [-0.4, -0.2) is 34.1 Å². The highest BCUT2D eigenvalue weighted by molar-refractivity contribution is 7.87. The molecule has 4 aromatic rings. The van der Waals surface area contributed by atoms with Gasteiger partial charge in [0.2, 0.25) is 0 Å². The van der Waals surface area contributed by atoms with Crippen molar-refractivity contribution >= 4 is 26.1 Å². The summed E-state index contributed by atoms with van der Waals surface area (Å²) in [6.45, 7) is 11.1. The molecule has 2 atom stereocenters. The first kappa shape index (κ1) is 27.8. The van der Waals surface area contributed by atoms with Crippen molar-refractivity contribution in [1.29, 1.82) is 0 Å². The third kappa shape index (κ3) is 5.20. The molecule has 0 amide bonds. The van der Waals surface area contributed by atoms with Crippen LogP contribution >= 0.6 is 15.5 Å². The molecule has 40 heavy (non-hydrogen) atoms. The molecule has 206 valence electrons. The van der Waals surface area contributed by atoms with E-state index in [0.29, 0.717) is 0 Å². The predicted molar refractivity (Wildman–Crippen MR) is 174 cm³/mol. The molecule has 0 saturated carbocycles. The van der Waals surface area contributed by atoms with Gasteiger partial charge in [-0.15, -0.1) is 0 Å². The summed E-state index contributed by atoms with van der Waals surface area (Å²) in [5.74, 6) is 0.516. The Morgan fingerprint density at radius 1 is 0.675 bits per heavy atom. The zero-order valence-corrected chi connectivity index (χ0v) is 25.4. The quantitative estimate of drug-likeness (QED) is 0.149. The molecule has 2 saturated heterocycles. The second-order valence-corrected chi connectivity index (χ2v) is 16.6. The van der Waals surface area contributed by atoms with Crippen LogP contribution in [0, 0.1) is 6.66 Å². The van der Waals surface area contributed by atoms with Crippen molar-refractivity contribution in [3.63, 3.8) is 0 Å². The Bertz CT molecular complexity index is 1240. The van der Waals surface area contributed by atoms with Crippen LogP contribution in [0.1, 0.15) is 55.3 Å². The summed E-state index contributed by atoms with van der Waals surface area (Å²) in [5.41, 5.74) is 2.82. The Morgan fingerprint density at radius 2 is 1.07 bits per heavy atom. The molecule has 6 rings (SSSR count). The smallest absolute Gasteiger partial charge is 0.151 e. The Hall–Kier alpha value is -2.38. The molecule has 4 aromatic carbocycles. The van der Waals surface area contributed by atoms with Crippen molar-refractivity contribution in [2.45, 2.75) is 44.2 Å². The second kappa shape index (κ2) is 12.6. The van der Waals surface area contributed by atoms with Crippen molar-refractivity contribution < 1.29 is 0 Å². The lowest BCUT2D eigenvalue weighted by Crippen LogP contribution is -2.43. The zero-order valence-electron chi connectivity index (χ0n) is 23.6. The lowest BCUT2D eigenvalue weighted by atomic mass is 10.1. The van der Waals surface area contributed by atoms with Crippen LogP contribution in [0.2, 0.25) is 0 Å². The van der Waals surface area contributed by atoms with Crippen molar-refractivity contribution in [2.75, 3.05) is 19.6 Å². The summed E-state index contributed by atoms with van der Waals surface area (Å²) in [4.78, 5) is 0. The van der Waals surface area contributed by atoms with Crippen molar-refractivity contribution in [1.82, 2.24) is 14.5 Å². The second-order valence-electron chi connectivity index (χ2n) is 10.9. The SMILES string of the molecule is [CH2-][P+]1(N(CCCC)P(c2ccccc2)c2ccccc2)[C@H](c2ccccc2)N2CCCCN2[C@H]1c1ccccc1. The Labute approximate surface area is 243 Å². The Balaban J connectivity index is 1.61. The standard InChI is InChI=1S/C35H41N3P2/c1-3-4-29-38(39(32-23-13-7-14-24-32)33-25-15-8-16-26-33)40(2)34(30-19-9-5-10-20-30)36-27-17-18-28-37(36)35(40)31-21-11-6-12-22-31/h5-16,19-26,34-35H,2-4,17-18,27-29H2,1H3/t34-,35-/m1/s1. The molecule has 0 aromatic heterocycles. The van der Waals surface area contributed by atoms with Crippen LogP contribution < -0.4 is 10.6 Å². The van der Waals surface area contributed by atoms with Crippen molar-refractivity contribution in [3.05, 3.63) is 139 Å². The molecule has 5 heteroatoms. The van der Waals surface area contributed by atoms with Gasteiger partial charge < -0.3 is 0 Å². The van der Waals surface area contributed by atoms with Crippen molar-refractivity contribution in [3.8, 4) is 0 Å². The molecule has 3 nitrogen and oxygen atoms in total. The topological polar surface area (TPSA) is 9.72 Å². The summed E-state index contributed by atoms with van der Waals surface area (Å²) in [7, 11) is -2.93. The van der Waals surface area contributed by atoms with E-state index in [4.69, 9.17) is 6.66 Å². The average molecular weight is 566 g/mol. The summed E-state index contributed by atoms with van der Waals surface area (Å²) >= 11 is 0. The molecule has 0 N–H and O–H groups in total. The average Bonchev–Trinajstić information content (AvgIpc) is 3.29.